The highest BCUT2D eigenvalue weighted by Crippen LogP contribution is 2.70. The van der Waals surface area contributed by atoms with Crippen molar-refractivity contribution in [1.29, 1.82) is 0 Å². The number of fused-ring (bicyclic) bond motifs is 2. The lowest BCUT2D eigenvalue weighted by molar-refractivity contribution is 0.221. The molecule has 1 heterocycles. The van der Waals surface area contributed by atoms with Gasteiger partial charge in [0.05, 0.1) is 5.92 Å². The first-order chi connectivity index (χ1) is 24.6. The van der Waals surface area contributed by atoms with Crippen LogP contribution in [0.25, 0.3) is 0 Å². The van der Waals surface area contributed by atoms with E-state index in [1.165, 1.54) is 12.1 Å². The summed E-state index contributed by atoms with van der Waals surface area (Å²) in [5.41, 5.74) is 6.00. The molecule has 0 spiro atoms. The molecule has 0 aromatic heterocycles. The largest absolute Gasteiger partial charge is 0.508 e. The number of benzene rings is 6. The lowest BCUT2D eigenvalue weighted by atomic mass is 9.69. The third kappa shape index (κ3) is 4.61. The van der Waals surface area contributed by atoms with Gasteiger partial charge in [-0.3, -0.25) is 0 Å². The predicted octanol–water partition coefficient (Wildman–Crippen LogP) is 7.76. The quantitative estimate of drug-likeness (QED) is 0.0927. The molecule has 51 heavy (non-hydrogen) atoms. The molecule has 0 radical (unpaired) electrons. The van der Waals surface area contributed by atoms with E-state index in [0.717, 1.165) is 27.8 Å². The summed E-state index contributed by atoms with van der Waals surface area (Å²) in [6.07, 6.45) is -0.693. The van der Waals surface area contributed by atoms with Crippen LogP contribution >= 0.6 is 0 Å². The Morgan fingerprint density at radius 3 is 1.47 bits per heavy atom. The Bertz CT molecular complexity index is 2330. The van der Waals surface area contributed by atoms with Gasteiger partial charge in [0.15, 0.2) is 0 Å². The van der Waals surface area contributed by atoms with E-state index in [0.29, 0.717) is 28.0 Å². The minimum absolute atomic E-state index is 0.0537. The second kappa shape index (κ2) is 11.0. The Hall–Kier alpha value is -6.48. The summed E-state index contributed by atoms with van der Waals surface area (Å²) in [6, 6.07) is 29.1. The monoisotopic (exact) mass is 680 g/mol. The zero-order chi connectivity index (χ0) is 35.3. The first-order valence-electron chi connectivity index (χ1n) is 16.6. The molecule has 0 fully saturated rings. The molecule has 6 atom stereocenters. The Labute approximate surface area is 291 Å². The fourth-order valence-electron chi connectivity index (χ4n) is 9.08. The first-order valence-corrected chi connectivity index (χ1v) is 16.6. The van der Waals surface area contributed by atoms with Crippen LogP contribution in [0.2, 0.25) is 0 Å². The molecule has 2 aliphatic carbocycles. The molecule has 1 aliphatic heterocycles. The number of phenolic OH excluding ortho intramolecular Hbond substituents is 8. The van der Waals surface area contributed by atoms with Crippen LogP contribution in [-0.2, 0) is 0 Å². The molecule has 254 valence electrons. The smallest absolute Gasteiger partial charge is 0.135 e. The van der Waals surface area contributed by atoms with Crippen LogP contribution in [0.15, 0.2) is 109 Å². The van der Waals surface area contributed by atoms with Gasteiger partial charge >= 0.3 is 0 Å². The van der Waals surface area contributed by atoms with Gasteiger partial charge in [0.25, 0.3) is 0 Å². The third-order valence-electron chi connectivity index (χ3n) is 10.9. The van der Waals surface area contributed by atoms with Crippen molar-refractivity contribution in [3.8, 4) is 51.7 Å². The van der Waals surface area contributed by atoms with Gasteiger partial charge in [-0.1, -0.05) is 36.4 Å². The molecule has 6 aromatic rings. The van der Waals surface area contributed by atoms with E-state index >= 15 is 0 Å². The molecule has 0 unspecified atom stereocenters. The van der Waals surface area contributed by atoms with Gasteiger partial charge in [0.2, 0.25) is 0 Å². The molecule has 0 bridgehead atoms. The molecule has 3 aliphatic rings. The van der Waals surface area contributed by atoms with Crippen molar-refractivity contribution >= 4 is 0 Å². The topological polar surface area (TPSA) is 171 Å². The van der Waals surface area contributed by atoms with Crippen molar-refractivity contribution < 1.29 is 45.6 Å². The van der Waals surface area contributed by atoms with E-state index in [2.05, 4.69) is 0 Å². The van der Waals surface area contributed by atoms with Gasteiger partial charge in [-0.15, -0.1) is 0 Å². The van der Waals surface area contributed by atoms with Crippen molar-refractivity contribution in [3.63, 3.8) is 0 Å². The minimum atomic E-state index is -0.693. The summed E-state index contributed by atoms with van der Waals surface area (Å²) in [7, 11) is 0. The molecule has 8 N–H and O–H groups in total. The third-order valence-corrected chi connectivity index (χ3v) is 10.9. The standard InChI is InChI=1S/C42H32O9/c43-23-7-1-19(2-8-23)33-35(22-13-26(46)15-27(47)14-22)38-31(50)18-32-39-37(42(51-32)21-5-11-25(45)12-6-21)29-16-28(48)17-30(49)36(29)34(40(33)41(38)39)20-3-9-24(44)10-4-20/h1-18,33-35,37,40,42-50H/t33-,34+,35+,37+,40-,42+/m0/s1. The lowest BCUT2D eigenvalue weighted by Gasteiger charge is -2.34. The Balaban J connectivity index is 1.44. The maximum atomic E-state index is 12.1. The highest BCUT2D eigenvalue weighted by molar-refractivity contribution is 5.72. The SMILES string of the molecule is Oc1ccc([C@@H]2c3c(O)cc(O)cc3[C@@H]3c4c(cc(O)c5c4[C@H]2[C@@H](c2ccc(O)cc2)[C@H]5c2cc(O)cc(O)c2)O[C@@H]3c2ccc(O)cc2)cc1. The molecule has 9 nitrogen and oxygen atoms in total. The zero-order valence-electron chi connectivity index (χ0n) is 26.8. The van der Waals surface area contributed by atoms with Gasteiger partial charge in [0, 0.05) is 58.6 Å². The molecule has 0 amide bonds. The predicted molar refractivity (Wildman–Crippen MR) is 186 cm³/mol. The fraction of sp³-hybridized carbons (Fsp3) is 0.143. The summed E-state index contributed by atoms with van der Waals surface area (Å²) >= 11 is 0. The molecule has 6 aromatic carbocycles. The highest BCUT2D eigenvalue weighted by Gasteiger charge is 2.56. The van der Waals surface area contributed by atoms with Crippen LogP contribution in [0, 0.1) is 0 Å². The van der Waals surface area contributed by atoms with E-state index in [1.807, 2.05) is 12.1 Å². The summed E-state index contributed by atoms with van der Waals surface area (Å²) in [5.74, 6) is -3.02. The van der Waals surface area contributed by atoms with Gasteiger partial charge in [-0.2, -0.15) is 0 Å². The second-order valence-corrected chi connectivity index (χ2v) is 13.7. The second-order valence-electron chi connectivity index (χ2n) is 13.7. The Morgan fingerprint density at radius 2 is 0.863 bits per heavy atom. The van der Waals surface area contributed by atoms with Crippen LogP contribution in [0.1, 0.15) is 85.8 Å². The van der Waals surface area contributed by atoms with Crippen LogP contribution in [-0.4, -0.2) is 40.9 Å². The van der Waals surface area contributed by atoms with Crippen molar-refractivity contribution in [1.82, 2.24) is 0 Å². The number of rotatable bonds is 4. The molecule has 0 saturated carbocycles. The van der Waals surface area contributed by atoms with E-state index in [9.17, 15) is 40.9 Å². The Kier molecular flexibility index (Phi) is 6.60. The van der Waals surface area contributed by atoms with Crippen molar-refractivity contribution in [2.45, 2.75) is 35.7 Å². The summed E-state index contributed by atoms with van der Waals surface area (Å²) in [5, 5.41) is 87.5. The summed E-state index contributed by atoms with van der Waals surface area (Å²) < 4.78 is 6.70. The van der Waals surface area contributed by atoms with E-state index < -0.39 is 35.7 Å². The van der Waals surface area contributed by atoms with Crippen molar-refractivity contribution in [2.24, 2.45) is 0 Å². The average Bonchev–Trinajstić information content (AvgIpc) is 3.60. The molecule has 9 heteroatoms. The van der Waals surface area contributed by atoms with E-state index in [1.54, 1.807) is 84.9 Å². The molecular weight excluding hydrogens is 648 g/mol. The maximum absolute atomic E-state index is 12.1. The highest BCUT2D eigenvalue weighted by atomic mass is 16.5. The van der Waals surface area contributed by atoms with Crippen LogP contribution < -0.4 is 4.74 Å². The van der Waals surface area contributed by atoms with Crippen LogP contribution in [0.5, 0.6) is 51.7 Å². The summed E-state index contributed by atoms with van der Waals surface area (Å²) in [4.78, 5) is 0. The van der Waals surface area contributed by atoms with Gasteiger partial charge < -0.3 is 45.6 Å². The van der Waals surface area contributed by atoms with Gasteiger partial charge in [-0.05, 0) is 88.0 Å². The fourth-order valence-corrected chi connectivity index (χ4v) is 9.08. The van der Waals surface area contributed by atoms with Gasteiger partial charge in [-0.25, -0.2) is 0 Å². The first kappa shape index (κ1) is 30.6. The number of hydrogen-bond acceptors (Lipinski definition) is 9. The molecule has 0 saturated heterocycles. The minimum Gasteiger partial charge on any atom is -0.508 e. The van der Waals surface area contributed by atoms with Crippen LogP contribution in [0.4, 0.5) is 0 Å². The zero-order valence-corrected chi connectivity index (χ0v) is 26.8. The number of aromatic hydroxyl groups is 8. The molecule has 9 rings (SSSR count). The van der Waals surface area contributed by atoms with E-state index in [-0.39, 0.29) is 46.0 Å². The van der Waals surface area contributed by atoms with E-state index in [4.69, 9.17) is 4.74 Å². The summed E-state index contributed by atoms with van der Waals surface area (Å²) in [6.45, 7) is 0. The van der Waals surface area contributed by atoms with Crippen molar-refractivity contribution in [3.05, 3.63) is 159 Å². The number of hydrogen-bond donors (Lipinski definition) is 8. The number of phenols is 8. The van der Waals surface area contributed by atoms with Gasteiger partial charge in [0.1, 0.15) is 57.8 Å². The maximum Gasteiger partial charge on any atom is 0.135 e. The molecular formula is C42H32O9. The lowest BCUT2D eigenvalue weighted by Crippen LogP contribution is -2.20. The average molecular weight is 681 g/mol. The van der Waals surface area contributed by atoms with Crippen LogP contribution in [0.3, 0.4) is 0 Å². The normalized spacial score (nSPS) is 22.5. The Morgan fingerprint density at radius 1 is 0.353 bits per heavy atom. The number of ether oxygens (including phenoxy) is 1. The van der Waals surface area contributed by atoms with Crippen molar-refractivity contribution in [2.75, 3.05) is 0 Å².